The molecule has 1 heterocycles. The van der Waals surface area contributed by atoms with Crippen LogP contribution < -0.4 is 10.1 Å². The van der Waals surface area contributed by atoms with Crippen LogP contribution >= 0.6 is 11.6 Å². The van der Waals surface area contributed by atoms with Crippen molar-refractivity contribution >= 4 is 17.4 Å². The minimum Gasteiger partial charge on any atom is -0.481 e. The van der Waals surface area contributed by atoms with Crippen LogP contribution in [0, 0.1) is 12.8 Å². The standard InChI is InChI=1S/C13H20ClN3O/c1-9-12(16-8-17-13(9)18-2)15-7-10-5-3-4-6-11(10)14/h8,10-11H,3-7H2,1-2H3,(H,15,16,17). The third-order valence-electron chi connectivity index (χ3n) is 3.58. The summed E-state index contributed by atoms with van der Waals surface area (Å²) in [5, 5.41) is 3.66. The van der Waals surface area contributed by atoms with Gasteiger partial charge in [-0.3, -0.25) is 0 Å². The Hall–Kier alpha value is -1.03. The van der Waals surface area contributed by atoms with Crippen LogP contribution in [-0.4, -0.2) is 29.0 Å². The fraction of sp³-hybridized carbons (Fsp3) is 0.692. The lowest BCUT2D eigenvalue weighted by Crippen LogP contribution is -2.27. The summed E-state index contributed by atoms with van der Waals surface area (Å²) in [5.41, 5.74) is 0.946. The number of hydrogen-bond donors (Lipinski definition) is 1. The van der Waals surface area contributed by atoms with Crippen molar-refractivity contribution in [2.75, 3.05) is 19.0 Å². The summed E-state index contributed by atoms with van der Waals surface area (Å²) in [6, 6.07) is 0. The first-order valence-electron chi connectivity index (χ1n) is 6.46. The zero-order chi connectivity index (χ0) is 13.0. The maximum atomic E-state index is 6.35. The molecule has 0 aromatic carbocycles. The molecule has 1 aliphatic rings. The lowest BCUT2D eigenvalue weighted by Gasteiger charge is -2.27. The minimum absolute atomic E-state index is 0.287. The molecule has 0 bridgehead atoms. The highest BCUT2D eigenvalue weighted by Crippen LogP contribution is 2.29. The van der Waals surface area contributed by atoms with Gasteiger partial charge in [-0.2, -0.15) is 0 Å². The largest absolute Gasteiger partial charge is 0.481 e. The molecule has 18 heavy (non-hydrogen) atoms. The molecule has 1 aromatic heterocycles. The van der Waals surface area contributed by atoms with E-state index in [1.54, 1.807) is 7.11 Å². The van der Waals surface area contributed by atoms with Gasteiger partial charge in [-0.1, -0.05) is 12.8 Å². The molecule has 2 rings (SSSR count). The Labute approximate surface area is 113 Å². The minimum atomic E-state index is 0.287. The van der Waals surface area contributed by atoms with Crippen molar-refractivity contribution in [3.05, 3.63) is 11.9 Å². The third-order valence-corrected chi connectivity index (χ3v) is 4.15. The van der Waals surface area contributed by atoms with E-state index in [1.807, 2.05) is 6.92 Å². The summed E-state index contributed by atoms with van der Waals surface area (Å²) in [7, 11) is 1.62. The highest BCUT2D eigenvalue weighted by Gasteiger charge is 2.23. The number of anilines is 1. The summed E-state index contributed by atoms with van der Waals surface area (Å²) in [4.78, 5) is 8.32. The van der Waals surface area contributed by atoms with Gasteiger partial charge in [0.1, 0.15) is 12.1 Å². The van der Waals surface area contributed by atoms with Gasteiger partial charge in [0.15, 0.2) is 0 Å². The van der Waals surface area contributed by atoms with Crippen LogP contribution in [0.2, 0.25) is 0 Å². The van der Waals surface area contributed by atoms with Crippen molar-refractivity contribution in [3.8, 4) is 5.88 Å². The lowest BCUT2D eigenvalue weighted by atomic mass is 9.89. The molecule has 0 spiro atoms. The Kier molecular flexibility index (Phi) is 4.64. The van der Waals surface area contributed by atoms with Crippen molar-refractivity contribution in [1.82, 2.24) is 9.97 Å². The number of nitrogens with one attached hydrogen (secondary N) is 1. The second-order valence-corrected chi connectivity index (χ2v) is 5.36. The third kappa shape index (κ3) is 3.05. The summed E-state index contributed by atoms with van der Waals surface area (Å²) in [6.45, 7) is 2.83. The van der Waals surface area contributed by atoms with E-state index >= 15 is 0 Å². The number of halogens is 1. The molecule has 2 unspecified atom stereocenters. The molecule has 1 aromatic rings. The van der Waals surface area contributed by atoms with Crippen LogP contribution in [0.5, 0.6) is 5.88 Å². The van der Waals surface area contributed by atoms with E-state index < -0.39 is 0 Å². The summed E-state index contributed by atoms with van der Waals surface area (Å²) in [6.07, 6.45) is 6.38. The average Bonchev–Trinajstić information content (AvgIpc) is 2.39. The first kappa shape index (κ1) is 13.4. The van der Waals surface area contributed by atoms with Crippen molar-refractivity contribution in [2.24, 2.45) is 5.92 Å². The van der Waals surface area contributed by atoms with Crippen LogP contribution in [-0.2, 0) is 0 Å². The molecule has 1 saturated carbocycles. The zero-order valence-corrected chi connectivity index (χ0v) is 11.7. The first-order valence-corrected chi connectivity index (χ1v) is 6.89. The smallest absolute Gasteiger partial charge is 0.221 e. The van der Waals surface area contributed by atoms with Crippen molar-refractivity contribution in [1.29, 1.82) is 0 Å². The summed E-state index contributed by atoms with van der Waals surface area (Å²) >= 11 is 6.35. The summed E-state index contributed by atoms with van der Waals surface area (Å²) < 4.78 is 5.18. The zero-order valence-electron chi connectivity index (χ0n) is 10.9. The molecule has 0 aliphatic heterocycles. The van der Waals surface area contributed by atoms with Gasteiger partial charge < -0.3 is 10.1 Å². The molecule has 1 N–H and O–H groups in total. The Balaban J connectivity index is 1.97. The van der Waals surface area contributed by atoms with Gasteiger partial charge in [0.25, 0.3) is 0 Å². The molecule has 4 nitrogen and oxygen atoms in total. The van der Waals surface area contributed by atoms with E-state index in [0.29, 0.717) is 11.8 Å². The van der Waals surface area contributed by atoms with Crippen LogP contribution in [0.4, 0.5) is 5.82 Å². The maximum Gasteiger partial charge on any atom is 0.221 e. The fourth-order valence-corrected chi connectivity index (χ4v) is 2.81. The number of nitrogens with zero attached hydrogens (tertiary/aromatic N) is 2. The van der Waals surface area contributed by atoms with Crippen LogP contribution in [0.15, 0.2) is 6.33 Å². The van der Waals surface area contributed by atoms with Gasteiger partial charge in [0, 0.05) is 11.9 Å². The Morgan fingerprint density at radius 1 is 1.39 bits per heavy atom. The molecule has 5 heteroatoms. The van der Waals surface area contributed by atoms with E-state index in [2.05, 4.69) is 15.3 Å². The molecule has 0 saturated heterocycles. The number of alkyl halides is 1. The molecular formula is C13H20ClN3O. The Bertz CT molecular complexity index is 400. The van der Waals surface area contributed by atoms with E-state index in [-0.39, 0.29) is 5.38 Å². The van der Waals surface area contributed by atoms with E-state index in [9.17, 15) is 0 Å². The van der Waals surface area contributed by atoms with E-state index in [1.165, 1.54) is 25.6 Å². The van der Waals surface area contributed by atoms with Gasteiger partial charge in [0.2, 0.25) is 5.88 Å². The van der Waals surface area contributed by atoms with Gasteiger partial charge in [-0.05, 0) is 25.7 Å². The normalized spacial score (nSPS) is 23.7. The number of aromatic nitrogens is 2. The molecule has 100 valence electrons. The van der Waals surface area contributed by atoms with Crippen molar-refractivity contribution in [3.63, 3.8) is 0 Å². The van der Waals surface area contributed by atoms with Crippen LogP contribution in [0.25, 0.3) is 0 Å². The quantitative estimate of drug-likeness (QED) is 0.854. The van der Waals surface area contributed by atoms with Crippen LogP contribution in [0.1, 0.15) is 31.2 Å². The second kappa shape index (κ2) is 6.23. The van der Waals surface area contributed by atoms with Crippen molar-refractivity contribution < 1.29 is 4.74 Å². The predicted octanol–water partition coefficient (Wildman–Crippen LogP) is 3.00. The number of rotatable bonds is 4. The monoisotopic (exact) mass is 269 g/mol. The lowest BCUT2D eigenvalue weighted by molar-refractivity contribution is 0.379. The number of hydrogen-bond acceptors (Lipinski definition) is 4. The number of methoxy groups -OCH3 is 1. The van der Waals surface area contributed by atoms with Crippen molar-refractivity contribution in [2.45, 2.75) is 38.0 Å². The fourth-order valence-electron chi connectivity index (χ4n) is 2.44. The van der Waals surface area contributed by atoms with Gasteiger partial charge in [-0.25, -0.2) is 9.97 Å². The number of ether oxygens (including phenoxy) is 1. The average molecular weight is 270 g/mol. The van der Waals surface area contributed by atoms with E-state index in [4.69, 9.17) is 16.3 Å². The second-order valence-electron chi connectivity index (χ2n) is 4.80. The Morgan fingerprint density at radius 3 is 2.89 bits per heavy atom. The van der Waals surface area contributed by atoms with E-state index in [0.717, 1.165) is 24.3 Å². The molecular weight excluding hydrogens is 250 g/mol. The molecule has 1 fully saturated rings. The maximum absolute atomic E-state index is 6.35. The van der Waals surface area contributed by atoms with Gasteiger partial charge in [-0.15, -0.1) is 11.6 Å². The molecule has 0 radical (unpaired) electrons. The highest BCUT2D eigenvalue weighted by atomic mass is 35.5. The van der Waals surface area contributed by atoms with Gasteiger partial charge in [0.05, 0.1) is 12.7 Å². The highest BCUT2D eigenvalue weighted by molar-refractivity contribution is 6.20. The Morgan fingerprint density at radius 2 is 2.17 bits per heavy atom. The molecule has 2 atom stereocenters. The summed E-state index contributed by atoms with van der Waals surface area (Å²) in [5.74, 6) is 2.00. The van der Waals surface area contributed by atoms with Gasteiger partial charge >= 0.3 is 0 Å². The topological polar surface area (TPSA) is 47.0 Å². The molecule has 0 amide bonds. The SMILES string of the molecule is COc1ncnc(NCC2CCCCC2Cl)c1C. The van der Waals surface area contributed by atoms with Crippen LogP contribution in [0.3, 0.4) is 0 Å². The predicted molar refractivity (Wildman–Crippen MR) is 73.4 cm³/mol. The first-order chi connectivity index (χ1) is 8.72. The molecule has 1 aliphatic carbocycles.